The molecule has 0 radical (unpaired) electrons. The van der Waals surface area contributed by atoms with Gasteiger partial charge in [-0.05, 0) is 36.6 Å². The Bertz CT molecular complexity index is 531. The van der Waals surface area contributed by atoms with Gasteiger partial charge in [-0.15, -0.1) is 0 Å². The van der Waals surface area contributed by atoms with Crippen LogP contribution in [0.3, 0.4) is 0 Å². The number of likely N-dealkylation sites (N-methyl/N-ethyl adjacent to an activating group) is 1. The summed E-state index contributed by atoms with van der Waals surface area (Å²) in [6.07, 6.45) is 9.03. The molecule has 0 N–H and O–H groups in total. The first-order chi connectivity index (χ1) is 10.1. The van der Waals surface area contributed by atoms with Gasteiger partial charge in [-0.1, -0.05) is 19.3 Å². The van der Waals surface area contributed by atoms with Gasteiger partial charge in [0, 0.05) is 31.3 Å². The molecule has 1 aromatic carbocycles. The van der Waals surface area contributed by atoms with Crippen molar-refractivity contribution in [2.45, 2.75) is 38.1 Å². The number of carbonyl (C=O) groups excluding carboxylic acids is 1. The monoisotopic (exact) mass is 288 g/mol. The smallest absolute Gasteiger partial charge is 0.269 e. The lowest BCUT2D eigenvalue weighted by Crippen LogP contribution is -2.37. The molecule has 0 unspecified atom stereocenters. The van der Waals surface area contributed by atoms with Crippen LogP contribution in [0, 0.1) is 10.1 Å². The Balaban J connectivity index is 1.95. The Morgan fingerprint density at radius 3 is 2.43 bits per heavy atom. The third-order valence-electron chi connectivity index (χ3n) is 3.99. The van der Waals surface area contributed by atoms with E-state index in [2.05, 4.69) is 0 Å². The lowest BCUT2D eigenvalue weighted by molar-refractivity contribution is -0.384. The molecule has 0 aromatic heterocycles. The molecule has 5 heteroatoms. The summed E-state index contributed by atoms with van der Waals surface area (Å²) in [5, 5.41) is 10.6. The normalized spacial score (nSPS) is 16.0. The molecular weight excluding hydrogens is 268 g/mol. The molecule has 0 saturated heterocycles. The highest BCUT2D eigenvalue weighted by Gasteiger charge is 2.20. The molecule has 1 amide bonds. The van der Waals surface area contributed by atoms with Crippen LogP contribution in [-0.2, 0) is 4.79 Å². The molecule has 0 atom stereocenters. The number of amides is 1. The lowest BCUT2D eigenvalue weighted by atomic mass is 9.94. The number of benzene rings is 1. The number of hydrogen-bond donors (Lipinski definition) is 0. The van der Waals surface area contributed by atoms with Crippen molar-refractivity contribution >= 4 is 17.7 Å². The van der Waals surface area contributed by atoms with E-state index < -0.39 is 4.92 Å². The topological polar surface area (TPSA) is 63.5 Å². The second kappa shape index (κ2) is 7.02. The molecule has 112 valence electrons. The van der Waals surface area contributed by atoms with Crippen LogP contribution in [0.15, 0.2) is 30.3 Å². The van der Waals surface area contributed by atoms with E-state index in [1.165, 1.54) is 37.5 Å². The van der Waals surface area contributed by atoms with Gasteiger partial charge in [0.25, 0.3) is 5.69 Å². The quantitative estimate of drug-likeness (QED) is 0.484. The zero-order valence-electron chi connectivity index (χ0n) is 12.2. The summed E-state index contributed by atoms with van der Waals surface area (Å²) in [4.78, 5) is 24.1. The molecule has 2 rings (SSSR count). The van der Waals surface area contributed by atoms with Crippen LogP contribution in [0.25, 0.3) is 6.08 Å². The van der Waals surface area contributed by atoms with Crippen molar-refractivity contribution in [2.24, 2.45) is 0 Å². The van der Waals surface area contributed by atoms with Gasteiger partial charge in [0.2, 0.25) is 5.91 Å². The molecule has 0 aliphatic heterocycles. The van der Waals surface area contributed by atoms with Crippen LogP contribution in [-0.4, -0.2) is 28.8 Å². The highest BCUT2D eigenvalue weighted by atomic mass is 16.6. The van der Waals surface area contributed by atoms with E-state index in [1.54, 1.807) is 23.1 Å². The van der Waals surface area contributed by atoms with Crippen molar-refractivity contribution in [1.29, 1.82) is 0 Å². The molecule has 1 saturated carbocycles. The Morgan fingerprint density at radius 2 is 1.86 bits per heavy atom. The van der Waals surface area contributed by atoms with Crippen LogP contribution in [0.4, 0.5) is 5.69 Å². The van der Waals surface area contributed by atoms with Crippen LogP contribution in [0.1, 0.15) is 37.7 Å². The van der Waals surface area contributed by atoms with Crippen molar-refractivity contribution in [1.82, 2.24) is 4.90 Å². The molecular formula is C16H20N2O3. The fourth-order valence-electron chi connectivity index (χ4n) is 2.64. The van der Waals surface area contributed by atoms with E-state index in [0.29, 0.717) is 6.04 Å². The Labute approximate surface area is 124 Å². The Morgan fingerprint density at radius 1 is 1.24 bits per heavy atom. The highest BCUT2D eigenvalue weighted by molar-refractivity contribution is 5.91. The van der Waals surface area contributed by atoms with Crippen molar-refractivity contribution in [3.8, 4) is 0 Å². The number of non-ortho nitro benzene ring substituents is 1. The predicted molar refractivity (Wildman–Crippen MR) is 81.8 cm³/mol. The van der Waals surface area contributed by atoms with Crippen molar-refractivity contribution in [3.63, 3.8) is 0 Å². The van der Waals surface area contributed by atoms with Gasteiger partial charge < -0.3 is 4.90 Å². The third kappa shape index (κ3) is 4.15. The van der Waals surface area contributed by atoms with Gasteiger partial charge in [-0.3, -0.25) is 14.9 Å². The predicted octanol–water partition coefficient (Wildman–Crippen LogP) is 3.40. The largest absolute Gasteiger partial charge is 0.339 e. The third-order valence-corrected chi connectivity index (χ3v) is 3.99. The average molecular weight is 288 g/mol. The zero-order chi connectivity index (χ0) is 15.2. The molecule has 1 aliphatic carbocycles. The summed E-state index contributed by atoms with van der Waals surface area (Å²) in [5.41, 5.74) is 0.837. The number of carbonyl (C=O) groups is 1. The number of hydrogen-bond acceptors (Lipinski definition) is 3. The first kappa shape index (κ1) is 15.2. The SMILES string of the molecule is CN(C(=O)/C=C/c1ccc([N+](=O)[O-])cc1)C1CCCCC1. The molecule has 5 nitrogen and oxygen atoms in total. The van der Waals surface area contributed by atoms with Gasteiger partial charge in [0.05, 0.1) is 4.92 Å². The zero-order valence-corrected chi connectivity index (χ0v) is 12.2. The van der Waals surface area contributed by atoms with E-state index in [4.69, 9.17) is 0 Å². The van der Waals surface area contributed by atoms with E-state index >= 15 is 0 Å². The van der Waals surface area contributed by atoms with Crippen molar-refractivity contribution < 1.29 is 9.72 Å². The van der Waals surface area contributed by atoms with Crippen molar-refractivity contribution in [2.75, 3.05) is 7.05 Å². The summed E-state index contributed by atoms with van der Waals surface area (Å²) in [5.74, 6) is -0.0137. The fraction of sp³-hybridized carbons (Fsp3) is 0.438. The summed E-state index contributed by atoms with van der Waals surface area (Å²) in [7, 11) is 1.85. The first-order valence-electron chi connectivity index (χ1n) is 7.27. The second-order valence-corrected chi connectivity index (χ2v) is 5.42. The molecule has 1 aromatic rings. The second-order valence-electron chi connectivity index (χ2n) is 5.42. The minimum absolute atomic E-state index is 0.0137. The fourth-order valence-corrected chi connectivity index (χ4v) is 2.64. The van der Waals surface area contributed by atoms with Gasteiger partial charge >= 0.3 is 0 Å². The standard InChI is InChI=1S/C16H20N2O3/c1-17(14-5-3-2-4-6-14)16(19)12-9-13-7-10-15(11-8-13)18(20)21/h7-12,14H,2-6H2,1H3/b12-9+. The van der Waals surface area contributed by atoms with Gasteiger partial charge in [0.15, 0.2) is 0 Å². The van der Waals surface area contributed by atoms with Crippen LogP contribution < -0.4 is 0 Å². The van der Waals surface area contributed by atoms with Crippen LogP contribution in [0.2, 0.25) is 0 Å². The summed E-state index contributed by atoms with van der Waals surface area (Å²) >= 11 is 0. The maximum atomic E-state index is 12.1. The van der Waals surface area contributed by atoms with Gasteiger partial charge in [-0.25, -0.2) is 0 Å². The summed E-state index contributed by atoms with van der Waals surface area (Å²) < 4.78 is 0. The van der Waals surface area contributed by atoms with Gasteiger partial charge in [-0.2, -0.15) is 0 Å². The molecule has 21 heavy (non-hydrogen) atoms. The van der Waals surface area contributed by atoms with E-state index in [-0.39, 0.29) is 11.6 Å². The Hall–Kier alpha value is -2.17. The summed E-state index contributed by atoms with van der Waals surface area (Å²) in [6, 6.07) is 6.50. The molecule has 1 fully saturated rings. The molecule has 1 aliphatic rings. The van der Waals surface area contributed by atoms with E-state index in [0.717, 1.165) is 18.4 Å². The molecule has 0 bridgehead atoms. The molecule has 0 spiro atoms. The summed E-state index contributed by atoms with van der Waals surface area (Å²) in [6.45, 7) is 0. The van der Waals surface area contributed by atoms with E-state index in [9.17, 15) is 14.9 Å². The minimum Gasteiger partial charge on any atom is -0.339 e. The lowest BCUT2D eigenvalue weighted by Gasteiger charge is -2.30. The number of nitro benzene ring substituents is 1. The van der Waals surface area contributed by atoms with E-state index in [1.807, 2.05) is 7.05 Å². The maximum Gasteiger partial charge on any atom is 0.269 e. The number of nitro groups is 1. The van der Waals surface area contributed by atoms with Crippen LogP contribution >= 0.6 is 0 Å². The van der Waals surface area contributed by atoms with Gasteiger partial charge in [0.1, 0.15) is 0 Å². The Kier molecular flexibility index (Phi) is 5.09. The average Bonchev–Trinajstić information content (AvgIpc) is 2.53. The molecule has 0 heterocycles. The first-order valence-corrected chi connectivity index (χ1v) is 7.27. The minimum atomic E-state index is -0.435. The van der Waals surface area contributed by atoms with Crippen LogP contribution in [0.5, 0.6) is 0 Å². The maximum absolute atomic E-state index is 12.1. The number of rotatable bonds is 4. The van der Waals surface area contributed by atoms with Crippen molar-refractivity contribution in [3.05, 3.63) is 46.0 Å². The highest BCUT2D eigenvalue weighted by Crippen LogP contribution is 2.22. The number of nitrogens with zero attached hydrogens (tertiary/aromatic N) is 2.